The van der Waals surface area contributed by atoms with E-state index >= 15 is 0 Å². The molecule has 1 aromatic carbocycles. The van der Waals surface area contributed by atoms with E-state index in [2.05, 4.69) is 5.32 Å². The van der Waals surface area contributed by atoms with Crippen molar-refractivity contribution in [2.45, 2.75) is 12.7 Å². The number of hydrogen-bond donors (Lipinski definition) is 1. The van der Waals surface area contributed by atoms with Gasteiger partial charge < -0.3 is 15.0 Å². The summed E-state index contributed by atoms with van der Waals surface area (Å²) >= 11 is 0. The molecule has 1 aromatic rings. The lowest BCUT2D eigenvalue weighted by Crippen LogP contribution is -2.44. The van der Waals surface area contributed by atoms with Gasteiger partial charge in [0.25, 0.3) is 0 Å². The second kappa shape index (κ2) is 6.91. The number of hydrogen-bond acceptors (Lipinski definition) is 3. The summed E-state index contributed by atoms with van der Waals surface area (Å²) in [5, 5.41) is 2.88. The molecule has 116 valence electrons. The van der Waals surface area contributed by atoms with Gasteiger partial charge in [-0.25, -0.2) is 0 Å². The predicted octanol–water partition coefficient (Wildman–Crippen LogP) is 1.65. The minimum atomic E-state index is -4.35. The Bertz CT molecular complexity index is 485. The Morgan fingerprint density at radius 2 is 2.00 bits per heavy atom. The van der Waals surface area contributed by atoms with Gasteiger partial charge in [0, 0.05) is 19.6 Å². The van der Waals surface area contributed by atoms with Crippen LogP contribution >= 0.6 is 0 Å². The van der Waals surface area contributed by atoms with Gasteiger partial charge in [0.15, 0.2) is 0 Å². The van der Waals surface area contributed by atoms with E-state index in [0.717, 1.165) is 12.1 Å². The normalized spacial score (nSPS) is 16.0. The number of nitrogens with one attached hydrogen (secondary N) is 1. The molecule has 0 spiro atoms. The quantitative estimate of drug-likeness (QED) is 0.919. The van der Waals surface area contributed by atoms with Crippen LogP contribution in [0.25, 0.3) is 0 Å². The average molecular weight is 302 g/mol. The van der Waals surface area contributed by atoms with Crippen LogP contribution < -0.4 is 5.32 Å². The van der Waals surface area contributed by atoms with Crippen molar-refractivity contribution in [1.82, 2.24) is 10.2 Å². The first-order valence-corrected chi connectivity index (χ1v) is 6.69. The summed E-state index contributed by atoms with van der Waals surface area (Å²) in [5.74, 6) is -0.0646. The van der Waals surface area contributed by atoms with Crippen LogP contribution in [-0.4, -0.2) is 43.7 Å². The highest BCUT2D eigenvalue weighted by Gasteiger charge is 2.30. The Hall–Kier alpha value is -1.60. The third kappa shape index (κ3) is 4.71. The van der Waals surface area contributed by atoms with E-state index in [1.165, 1.54) is 6.07 Å². The van der Waals surface area contributed by atoms with E-state index in [9.17, 15) is 18.0 Å². The van der Waals surface area contributed by atoms with Crippen molar-refractivity contribution in [2.75, 3.05) is 32.8 Å². The summed E-state index contributed by atoms with van der Waals surface area (Å²) in [6.45, 7) is 2.50. The van der Waals surface area contributed by atoms with Gasteiger partial charge in [0.2, 0.25) is 5.91 Å². The Morgan fingerprint density at radius 1 is 1.29 bits per heavy atom. The minimum absolute atomic E-state index is 0.0646. The van der Waals surface area contributed by atoms with E-state index in [4.69, 9.17) is 4.74 Å². The molecule has 0 bridgehead atoms. The van der Waals surface area contributed by atoms with Crippen molar-refractivity contribution < 1.29 is 22.7 Å². The van der Waals surface area contributed by atoms with Crippen molar-refractivity contribution in [2.24, 2.45) is 0 Å². The first-order chi connectivity index (χ1) is 9.97. The smallest absolute Gasteiger partial charge is 0.378 e. The lowest BCUT2D eigenvalue weighted by molar-refractivity contribution is -0.137. The number of halogens is 3. The summed E-state index contributed by atoms with van der Waals surface area (Å²) < 4.78 is 42.9. The fourth-order valence-electron chi connectivity index (χ4n) is 2.10. The topological polar surface area (TPSA) is 41.6 Å². The average Bonchev–Trinajstić information content (AvgIpc) is 2.47. The Kier molecular flexibility index (Phi) is 5.19. The maximum absolute atomic E-state index is 12.6. The Balaban J connectivity index is 1.82. The summed E-state index contributed by atoms with van der Waals surface area (Å²) in [5.41, 5.74) is -0.180. The monoisotopic (exact) mass is 302 g/mol. The Labute approximate surface area is 120 Å². The van der Waals surface area contributed by atoms with Crippen LogP contribution in [0.4, 0.5) is 13.2 Å². The molecule has 0 radical (unpaired) electrons. The van der Waals surface area contributed by atoms with Gasteiger partial charge in [-0.15, -0.1) is 0 Å². The number of carbonyl (C=O) groups excluding carboxylic acids is 1. The molecule has 2 rings (SSSR count). The highest BCUT2D eigenvalue weighted by atomic mass is 19.4. The maximum atomic E-state index is 12.6. The zero-order chi connectivity index (χ0) is 15.3. The molecule has 21 heavy (non-hydrogen) atoms. The van der Waals surface area contributed by atoms with Crippen LogP contribution in [0.5, 0.6) is 0 Å². The predicted molar refractivity (Wildman–Crippen MR) is 70.5 cm³/mol. The van der Waals surface area contributed by atoms with E-state index in [0.29, 0.717) is 31.9 Å². The second-order valence-electron chi connectivity index (χ2n) is 4.79. The highest BCUT2D eigenvalue weighted by molar-refractivity contribution is 5.78. The maximum Gasteiger partial charge on any atom is 0.416 e. The first kappa shape index (κ1) is 15.8. The molecule has 1 saturated heterocycles. The molecule has 0 unspecified atom stereocenters. The molecule has 0 aliphatic carbocycles. The number of carbonyl (C=O) groups is 1. The SMILES string of the molecule is O=C(CNCc1cccc(C(F)(F)F)c1)N1CCOCC1. The van der Waals surface area contributed by atoms with Gasteiger partial charge in [-0.3, -0.25) is 4.79 Å². The number of alkyl halides is 3. The molecule has 1 N–H and O–H groups in total. The molecule has 1 fully saturated rings. The third-order valence-corrected chi connectivity index (χ3v) is 3.22. The largest absolute Gasteiger partial charge is 0.416 e. The molecule has 7 heteroatoms. The van der Waals surface area contributed by atoms with Crippen LogP contribution in [-0.2, 0) is 22.3 Å². The van der Waals surface area contributed by atoms with Crippen molar-refractivity contribution >= 4 is 5.91 Å². The second-order valence-corrected chi connectivity index (χ2v) is 4.79. The summed E-state index contributed by atoms with van der Waals surface area (Å²) in [6, 6.07) is 5.08. The zero-order valence-corrected chi connectivity index (χ0v) is 11.4. The van der Waals surface area contributed by atoms with Gasteiger partial charge in [0.1, 0.15) is 0 Å². The van der Waals surface area contributed by atoms with Gasteiger partial charge in [-0.05, 0) is 11.6 Å². The molecular formula is C14H17F3N2O2. The summed E-state index contributed by atoms with van der Waals surface area (Å²) in [4.78, 5) is 13.5. The highest BCUT2D eigenvalue weighted by Crippen LogP contribution is 2.29. The lowest BCUT2D eigenvalue weighted by Gasteiger charge is -2.26. The number of ether oxygens (including phenoxy) is 1. The number of amides is 1. The van der Waals surface area contributed by atoms with Crippen LogP contribution in [0.1, 0.15) is 11.1 Å². The van der Waals surface area contributed by atoms with Gasteiger partial charge >= 0.3 is 6.18 Å². The Morgan fingerprint density at radius 3 is 2.67 bits per heavy atom. The zero-order valence-electron chi connectivity index (χ0n) is 11.4. The fraction of sp³-hybridized carbons (Fsp3) is 0.500. The molecule has 1 aliphatic heterocycles. The lowest BCUT2D eigenvalue weighted by atomic mass is 10.1. The van der Waals surface area contributed by atoms with Crippen molar-refractivity contribution in [3.8, 4) is 0 Å². The third-order valence-electron chi connectivity index (χ3n) is 3.22. The molecule has 1 amide bonds. The number of nitrogens with zero attached hydrogens (tertiary/aromatic N) is 1. The van der Waals surface area contributed by atoms with Crippen molar-refractivity contribution in [1.29, 1.82) is 0 Å². The van der Waals surface area contributed by atoms with Crippen molar-refractivity contribution in [3.05, 3.63) is 35.4 Å². The molecule has 0 aromatic heterocycles. The van der Waals surface area contributed by atoms with Gasteiger partial charge in [-0.1, -0.05) is 18.2 Å². The standard InChI is InChI=1S/C14H17F3N2O2/c15-14(16,17)12-3-1-2-11(8-12)9-18-10-13(20)19-4-6-21-7-5-19/h1-3,8,18H,4-7,9-10H2. The molecule has 0 saturated carbocycles. The minimum Gasteiger partial charge on any atom is -0.378 e. The van der Waals surface area contributed by atoms with E-state index < -0.39 is 11.7 Å². The van der Waals surface area contributed by atoms with Crippen LogP contribution in [0.15, 0.2) is 24.3 Å². The summed E-state index contributed by atoms with van der Waals surface area (Å²) in [7, 11) is 0. The van der Waals surface area contributed by atoms with E-state index in [-0.39, 0.29) is 19.0 Å². The molecule has 0 atom stereocenters. The van der Waals surface area contributed by atoms with Gasteiger partial charge in [0.05, 0.1) is 25.3 Å². The number of morpholine rings is 1. The number of rotatable bonds is 4. The summed E-state index contributed by atoms with van der Waals surface area (Å²) in [6.07, 6.45) is -4.35. The number of benzene rings is 1. The molecule has 1 heterocycles. The van der Waals surface area contributed by atoms with Gasteiger partial charge in [-0.2, -0.15) is 13.2 Å². The van der Waals surface area contributed by atoms with Crippen molar-refractivity contribution in [3.63, 3.8) is 0 Å². The fourth-order valence-corrected chi connectivity index (χ4v) is 2.10. The van der Waals surface area contributed by atoms with E-state index in [1.807, 2.05) is 0 Å². The molecular weight excluding hydrogens is 285 g/mol. The van der Waals surface area contributed by atoms with Crippen LogP contribution in [0.3, 0.4) is 0 Å². The molecule has 4 nitrogen and oxygen atoms in total. The van der Waals surface area contributed by atoms with Crippen LogP contribution in [0.2, 0.25) is 0 Å². The first-order valence-electron chi connectivity index (χ1n) is 6.69. The van der Waals surface area contributed by atoms with E-state index in [1.54, 1.807) is 11.0 Å². The molecule has 1 aliphatic rings. The van der Waals surface area contributed by atoms with Crippen LogP contribution in [0, 0.1) is 0 Å².